The maximum atomic E-state index is 14.6. The summed E-state index contributed by atoms with van der Waals surface area (Å²) in [6.07, 6.45) is 3.30. The molecule has 44 heavy (non-hydrogen) atoms. The summed E-state index contributed by atoms with van der Waals surface area (Å²) in [7, 11) is 0. The second-order valence-corrected chi connectivity index (χ2v) is 13.9. The molecule has 3 aromatic carbocycles. The van der Waals surface area contributed by atoms with Gasteiger partial charge in [-0.15, -0.1) is 0 Å². The Labute approximate surface area is 267 Å². The van der Waals surface area contributed by atoms with Gasteiger partial charge < -0.3 is 20.3 Å². The van der Waals surface area contributed by atoms with E-state index in [4.69, 9.17) is 4.74 Å². The largest absolute Gasteiger partial charge is 0.444 e. The standard InChI is InChI=1S/C36H49N3O4S/c1-24(2)13-16-26(4)39(34(41)31(21-22-44-8)38-35(42)43-36(5,6)7)32(28-17-14-25(3)15-18-28)33(40)37-30-20-19-27-11-9-10-12-29(27)23-30/h9-12,14-15,17-20,23-24,26,31-32H,13,16,21-22H2,1-8H3,(H,37,40)(H,38,42). The number of thioether (sulfide) groups is 1. The van der Waals surface area contributed by atoms with E-state index in [1.807, 2.05) is 86.8 Å². The number of fused-ring (bicyclic) bond motifs is 1. The predicted octanol–water partition coefficient (Wildman–Crippen LogP) is 8.13. The van der Waals surface area contributed by atoms with E-state index in [0.29, 0.717) is 35.8 Å². The van der Waals surface area contributed by atoms with Gasteiger partial charge in [0.2, 0.25) is 5.91 Å². The highest BCUT2D eigenvalue weighted by Crippen LogP contribution is 2.30. The molecule has 7 nitrogen and oxygen atoms in total. The van der Waals surface area contributed by atoms with Gasteiger partial charge in [-0.2, -0.15) is 11.8 Å². The van der Waals surface area contributed by atoms with Crippen molar-refractivity contribution in [2.75, 3.05) is 17.3 Å². The Bertz CT molecular complexity index is 1400. The number of hydrogen-bond acceptors (Lipinski definition) is 5. The Morgan fingerprint density at radius 3 is 2.16 bits per heavy atom. The summed E-state index contributed by atoms with van der Waals surface area (Å²) in [5, 5.41) is 8.02. The smallest absolute Gasteiger partial charge is 0.408 e. The van der Waals surface area contributed by atoms with Gasteiger partial charge in [0.05, 0.1) is 0 Å². The third-order valence-corrected chi connectivity index (χ3v) is 8.07. The molecule has 8 heteroatoms. The number of anilines is 1. The minimum absolute atomic E-state index is 0.282. The first kappa shape index (κ1) is 35.0. The highest BCUT2D eigenvalue weighted by molar-refractivity contribution is 7.98. The first-order valence-corrected chi connectivity index (χ1v) is 16.8. The lowest BCUT2D eigenvalue weighted by molar-refractivity contribution is -0.143. The third kappa shape index (κ3) is 10.3. The van der Waals surface area contributed by atoms with E-state index in [2.05, 4.69) is 24.5 Å². The Balaban J connectivity index is 2.08. The van der Waals surface area contributed by atoms with Crippen LogP contribution in [0.3, 0.4) is 0 Å². The minimum atomic E-state index is -0.922. The molecule has 0 aromatic heterocycles. The van der Waals surface area contributed by atoms with Crippen LogP contribution in [0.15, 0.2) is 66.7 Å². The fourth-order valence-electron chi connectivity index (χ4n) is 5.10. The van der Waals surface area contributed by atoms with Gasteiger partial charge in [0, 0.05) is 11.7 Å². The number of amides is 3. The van der Waals surface area contributed by atoms with Gasteiger partial charge in [0.15, 0.2) is 0 Å². The summed E-state index contributed by atoms with van der Waals surface area (Å²) in [4.78, 5) is 43.6. The molecule has 238 valence electrons. The third-order valence-electron chi connectivity index (χ3n) is 7.43. The van der Waals surface area contributed by atoms with Crippen molar-refractivity contribution in [2.45, 2.75) is 91.5 Å². The molecule has 0 radical (unpaired) electrons. The highest BCUT2D eigenvalue weighted by atomic mass is 32.2. The summed E-state index contributed by atoms with van der Waals surface area (Å²) in [6.45, 7) is 13.6. The van der Waals surface area contributed by atoms with E-state index < -0.39 is 23.8 Å². The first-order valence-electron chi connectivity index (χ1n) is 15.5. The monoisotopic (exact) mass is 619 g/mol. The number of carbonyl (C=O) groups excluding carboxylic acids is 3. The maximum Gasteiger partial charge on any atom is 0.408 e. The van der Waals surface area contributed by atoms with Gasteiger partial charge in [0.1, 0.15) is 17.7 Å². The van der Waals surface area contributed by atoms with Crippen LogP contribution < -0.4 is 10.6 Å². The Morgan fingerprint density at radius 2 is 1.55 bits per heavy atom. The van der Waals surface area contributed by atoms with Crippen molar-refractivity contribution in [2.24, 2.45) is 5.92 Å². The number of aryl methyl sites for hydroxylation is 1. The number of nitrogens with zero attached hydrogens (tertiary/aromatic N) is 1. The summed E-state index contributed by atoms with van der Waals surface area (Å²) in [5.41, 5.74) is 1.70. The Kier molecular flexibility index (Phi) is 12.7. The van der Waals surface area contributed by atoms with Crippen molar-refractivity contribution in [3.05, 3.63) is 77.9 Å². The first-order chi connectivity index (χ1) is 20.8. The number of ether oxygens (including phenoxy) is 1. The van der Waals surface area contributed by atoms with Gasteiger partial charge in [-0.25, -0.2) is 4.79 Å². The second-order valence-electron chi connectivity index (χ2n) is 12.9. The molecule has 3 rings (SSSR count). The van der Waals surface area contributed by atoms with E-state index in [1.54, 1.807) is 37.4 Å². The van der Waals surface area contributed by atoms with E-state index in [-0.39, 0.29) is 17.9 Å². The molecule has 2 N–H and O–H groups in total. The van der Waals surface area contributed by atoms with Gasteiger partial charge >= 0.3 is 6.09 Å². The topological polar surface area (TPSA) is 87.7 Å². The number of hydrogen-bond donors (Lipinski definition) is 2. The van der Waals surface area contributed by atoms with Crippen molar-refractivity contribution >= 4 is 46.1 Å². The van der Waals surface area contributed by atoms with E-state index in [1.165, 1.54) is 0 Å². The van der Waals surface area contributed by atoms with Crippen LogP contribution in [-0.4, -0.2) is 52.5 Å². The molecule has 0 bridgehead atoms. The van der Waals surface area contributed by atoms with Crippen LogP contribution in [0.1, 0.15) is 78.0 Å². The normalized spacial score (nSPS) is 13.7. The van der Waals surface area contributed by atoms with Gasteiger partial charge in [0.25, 0.3) is 5.91 Å². The number of benzene rings is 3. The van der Waals surface area contributed by atoms with Crippen LogP contribution in [0, 0.1) is 12.8 Å². The molecule has 0 aliphatic rings. The van der Waals surface area contributed by atoms with Crippen LogP contribution in [0.25, 0.3) is 10.8 Å². The number of nitrogens with one attached hydrogen (secondary N) is 2. The maximum absolute atomic E-state index is 14.6. The quantitative estimate of drug-likeness (QED) is 0.202. The Hall–Kier alpha value is -3.52. The summed E-state index contributed by atoms with van der Waals surface area (Å²) in [6, 6.07) is 19.4. The summed E-state index contributed by atoms with van der Waals surface area (Å²) >= 11 is 1.60. The predicted molar refractivity (Wildman–Crippen MR) is 183 cm³/mol. The van der Waals surface area contributed by atoms with Crippen LogP contribution in [-0.2, 0) is 14.3 Å². The average molecular weight is 620 g/mol. The van der Waals surface area contributed by atoms with Gasteiger partial charge in [-0.3, -0.25) is 9.59 Å². The number of rotatable bonds is 13. The zero-order valence-electron chi connectivity index (χ0n) is 27.5. The van der Waals surface area contributed by atoms with Gasteiger partial charge in [-0.1, -0.05) is 74.0 Å². The van der Waals surface area contributed by atoms with Crippen LogP contribution in [0.4, 0.5) is 10.5 Å². The van der Waals surface area contributed by atoms with Crippen molar-refractivity contribution < 1.29 is 19.1 Å². The van der Waals surface area contributed by atoms with Crippen LogP contribution in [0.2, 0.25) is 0 Å². The molecule has 0 spiro atoms. The Morgan fingerprint density at radius 1 is 0.886 bits per heavy atom. The molecule has 3 aromatic rings. The number of carbonyl (C=O) groups is 3. The fraction of sp³-hybridized carbons (Fsp3) is 0.472. The molecule has 3 unspecified atom stereocenters. The molecular weight excluding hydrogens is 570 g/mol. The SMILES string of the molecule is CSCCC(NC(=O)OC(C)(C)C)C(=O)N(C(C)CCC(C)C)C(C(=O)Nc1ccc2ccccc2c1)c1ccc(C)cc1. The zero-order valence-corrected chi connectivity index (χ0v) is 28.3. The van der Waals surface area contributed by atoms with Crippen molar-refractivity contribution in [3.8, 4) is 0 Å². The van der Waals surface area contributed by atoms with E-state index in [0.717, 1.165) is 22.8 Å². The molecule has 0 fully saturated rings. The fourth-order valence-corrected chi connectivity index (χ4v) is 5.57. The van der Waals surface area contributed by atoms with E-state index in [9.17, 15) is 14.4 Å². The number of alkyl carbamates (subject to hydrolysis) is 1. The molecule has 3 atom stereocenters. The van der Waals surface area contributed by atoms with Crippen molar-refractivity contribution in [3.63, 3.8) is 0 Å². The molecular formula is C36H49N3O4S. The van der Waals surface area contributed by atoms with Crippen LogP contribution >= 0.6 is 11.8 Å². The van der Waals surface area contributed by atoms with E-state index >= 15 is 0 Å². The molecule has 0 saturated carbocycles. The lowest BCUT2D eigenvalue weighted by Gasteiger charge is -2.39. The molecule has 0 aliphatic heterocycles. The lowest BCUT2D eigenvalue weighted by atomic mass is 9.96. The van der Waals surface area contributed by atoms with Crippen molar-refractivity contribution in [1.82, 2.24) is 10.2 Å². The second kappa shape index (κ2) is 16.0. The molecule has 3 amide bonds. The highest BCUT2D eigenvalue weighted by Gasteiger charge is 2.39. The summed E-state index contributed by atoms with van der Waals surface area (Å²) in [5.74, 6) is 0.458. The molecule has 0 aliphatic carbocycles. The molecule has 0 saturated heterocycles. The lowest BCUT2D eigenvalue weighted by Crippen LogP contribution is -2.55. The summed E-state index contributed by atoms with van der Waals surface area (Å²) < 4.78 is 5.53. The van der Waals surface area contributed by atoms with Crippen LogP contribution in [0.5, 0.6) is 0 Å². The van der Waals surface area contributed by atoms with Crippen molar-refractivity contribution in [1.29, 1.82) is 0 Å². The molecule has 0 heterocycles. The zero-order chi connectivity index (χ0) is 32.4. The van der Waals surface area contributed by atoms with Gasteiger partial charge in [-0.05, 0) is 100 Å². The minimum Gasteiger partial charge on any atom is -0.444 e. The average Bonchev–Trinajstić information content (AvgIpc) is 2.96.